The number of aliphatic hydroxyl groups excluding tert-OH is 1. The number of rotatable bonds is 11. The van der Waals surface area contributed by atoms with Gasteiger partial charge in [-0.15, -0.1) is 6.58 Å². The maximum Gasteiger partial charge on any atom is 0.312 e. The number of ether oxygens (including phenoxy) is 2. The third-order valence-electron chi connectivity index (χ3n) is 7.46. The first-order chi connectivity index (χ1) is 15.2. The number of carbonyl (C=O) groups is 3. The molecule has 2 bridgehead atoms. The Bertz CT molecular complexity index is 757. The van der Waals surface area contributed by atoms with Crippen LogP contribution in [0.15, 0.2) is 12.7 Å². The summed E-state index contributed by atoms with van der Waals surface area (Å²) < 4.78 is 11.9. The third-order valence-corrected chi connectivity index (χ3v) is 7.46. The first-order valence-electron chi connectivity index (χ1n) is 11.9. The van der Waals surface area contributed by atoms with Crippen molar-refractivity contribution in [3.63, 3.8) is 0 Å². The van der Waals surface area contributed by atoms with Crippen molar-refractivity contribution in [2.45, 2.75) is 83.1 Å². The van der Waals surface area contributed by atoms with Crippen molar-refractivity contribution in [1.82, 2.24) is 9.80 Å². The van der Waals surface area contributed by atoms with Gasteiger partial charge >= 0.3 is 5.97 Å². The molecule has 8 heteroatoms. The molecule has 3 rings (SSSR count). The molecule has 2 amide bonds. The molecule has 0 aromatic rings. The minimum absolute atomic E-state index is 0.0224. The first-order valence-corrected chi connectivity index (χ1v) is 11.9. The molecule has 6 atom stereocenters. The fraction of sp³-hybridized carbons (Fsp3) is 0.792. The van der Waals surface area contributed by atoms with E-state index in [0.29, 0.717) is 25.8 Å². The highest BCUT2D eigenvalue weighted by atomic mass is 16.6. The summed E-state index contributed by atoms with van der Waals surface area (Å²) in [4.78, 5) is 44.0. The van der Waals surface area contributed by atoms with Crippen LogP contribution < -0.4 is 0 Å². The molecule has 0 radical (unpaired) electrons. The van der Waals surface area contributed by atoms with Crippen LogP contribution in [0.1, 0.15) is 59.8 Å². The Hall–Kier alpha value is -1.93. The van der Waals surface area contributed by atoms with E-state index < -0.39 is 35.0 Å². The SMILES string of the molecule is C=CCN(C(=O)C1N(CCCO)C(=O)[C@@H]2[C@@H](C(=O)OCC)[C@@]3(C)CCC12O3)C(C)CCC. The van der Waals surface area contributed by atoms with Gasteiger partial charge in [0.05, 0.1) is 18.1 Å². The van der Waals surface area contributed by atoms with E-state index in [0.717, 1.165) is 12.8 Å². The number of amides is 2. The lowest BCUT2D eigenvalue weighted by atomic mass is 9.66. The van der Waals surface area contributed by atoms with Crippen LogP contribution in [-0.2, 0) is 23.9 Å². The Morgan fingerprint density at radius 1 is 1.41 bits per heavy atom. The van der Waals surface area contributed by atoms with E-state index in [1.807, 2.05) is 13.8 Å². The van der Waals surface area contributed by atoms with Crippen LogP contribution in [0.25, 0.3) is 0 Å². The van der Waals surface area contributed by atoms with Gasteiger partial charge in [0.1, 0.15) is 17.6 Å². The van der Waals surface area contributed by atoms with Gasteiger partial charge in [-0.3, -0.25) is 14.4 Å². The first kappa shape index (κ1) is 24.7. The zero-order chi connectivity index (χ0) is 23.7. The summed E-state index contributed by atoms with van der Waals surface area (Å²) in [5, 5.41) is 9.42. The van der Waals surface area contributed by atoms with Crippen LogP contribution >= 0.6 is 0 Å². The molecule has 180 valence electrons. The summed E-state index contributed by atoms with van der Waals surface area (Å²) >= 11 is 0. The second kappa shape index (κ2) is 9.51. The van der Waals surface area contributed by atoms with E-state index >= 15 is 0 Å². The molecule has 3 fully saturated rings. The van der Waals surface area contributed by atoms with Gasteiger partial charge in [0.2, 0.25) is 11.8 Å². The van der Waals surface area contributed by atoms with Gasteiger partial charge in [-0.05, 0) is 46.5 Å². The normalized spacial score (nSPS) is 33.8. The molecule has 32 heavy (non-hydrogen) atoms. The predicted molar refractivity (Wildman–Crippen MR) is 119 cm³/mol. The number of carbonyl (C=O) groups excluding carboxylic acids is 3. The zero-order valence-corrected chi connectivity index (χ0v) is 19.8. The molecule has 1 N–H and O–H groups in total. The Morgan fingerprint density at radius 3 is 2.72 bits per heavy atom. The number of hydrogen-bond acceptors (Lipinski definition) is 6. The molecule has 3 heterocycles. The molecule has 0 aromatic carbocycles. The Kier molecular flexibility index (Phi) is 7.34. The minimum atomic E-state index is -1.05. The molecule has 0 aromatic heterocycles. The van der Waals surface area contributed by atoms with Crippen molar-refractivity contribution in [2.75, 3.05) is 26.3 Å². The summed E-state index contributed by atoms with van der Waals surface area (Å²) in [6.07, 6.45) is 4.93. The molecule has 1 spiro atoms. The van der Waals surface area contributed by atoms with Gasteiger partial charge in [-0.1, -0.05) is 19.4 Å². The lowest BCUT2D eigenvalue weighted by molar-refractivity contribution is -0.160. The maximum atomic E-state index is 14.0. The molecule has 0 saturated carbocycles. The van der Waals surface area contributed by atoms with E-state index in [2.05, 4.69) is 13.5 Å². The molecule has 0 aliphatic carbocycles. The molecule has 3 saturated heterocycles. The van der Waals surface area contributed by atoms with E-state index in [9.17, 15) is 19.5 Å². The van der Waals surface area contributed by atoms with Crippen molar-refractivity contribution in [2.24, 2.45) is 11.8 Å². The van der Waals surface area contributed by atoms with Crippen LogP contribution in [0.2, 0.25) is 0 Å². The van der Waals surface area contributed by atoms with Crippen LogP contribution in [-0.4, -0.2) is 82.3 Å². The van der Waals surface area contributed by atoms with Crippen LogP contribution in [0.3, 0.4) is 0 Å². The Balaban J connectivity index is 2.05. The highest BCUT2D eigenvalue weighted by Crippen LogP contribution is 2.63. The number of hydrogen-bond donors (Lipinski definition) is 1. The highest BCUT2D eigenvalue weighted by molar-refractivity contribution is 5.98. The number of fused-ring (bicyclic) bond motifs is 1. The summed E-state index contributed by atoms with van der Waals surface area (Å²) in [6.45, 7) is 12.2. The lowest BCUT2D eigenvalue weighted by Gasteiger charge is -2.39. The highest BCUT2D eigenvalue weighted by Gasteiger charge is 2.78. The Morgan fingerprint density at radius 2 is 2.12 bits per heavy atom. The summed E-state index contributed by atoms with van der Waals surface area (Å²) in [5.74, 6) is -2.35. The summed E-state index contributed by atoms with van der Waals surface area (Å²) in [5.41, 5.74) is -1.88. The van der Waals surface area contributed by atoms with Gasteiger partial charge in [0.25, 0.3) is 0 Å². The maximum absolute atomic E-state index is 14.0. The fourth-order valence-electron chi connectivity index (χ4n) is 6.13. The van der Waals surface area contributed by atoms with Crippen molar-refractivity contribution in [3.8, 4) is 0 Å². The van der Waals surface area contributed by atoms with Crippen molar-refractivity contribution in [3.05, 3.63) is 12.7 Å². The molecule has 3 aliphatic heterocycles. The van der Waals surface area contributed by atoms with E-state index in [4.69, 9.17) is 9.47 Å². The second-order valence-electron chi connectivity index (χ2n) is 9.51. The van der Waals surface area contributed by atoms with Gasteiger partial charge in [0, 0.05) is 25.7 Å². The van der Waals surface area contributed by atoms with Gasteiger partial charge < -0.3 is 24.4 Å². The third kappa shape index (κ3) is 3.75. The van der Waals surface area contributed by atoms with E-state index in [-0.39, 0.29) is 37.6 Å². The lowest BCUT2D eigenvalue weighted by Crippen LogP contribution is -2.58. The average Bonchev–Trinajstić information content (AvgIpc) is 3.31. The molecular weight excluding hydrogens is 412 g/mol. The Labute approximate surface area is 190 Å². The molecule has 3 aliphatic rings. The van der Waals surface area contributed by atoms with Crippen LogP contribution in [0, 0.1) is 11.8 Å². The van der Waals surface area contributed by atoms with Gasteiger partial charge in [0.15, 0.2) is 0 Å². The standard InChI is InChI=1S/C24H38N2O6/c1-6-10-16(4)25(13-7-2)21(29)19-24-12-11-23(5,32-24)18(22(30)31-8-3)17(24)20(28)26(19)14-9-15-27/h7,16-19,27H,2,6,8-15H2,1,3-5H3/t16?,17-,18-,19?,23+,24?/m0/s1. The smallest absolute Gasteiger partial charge is 0.312 e. The topological polar surface area (TPSA) is 96.4 Å². The number of likely N-dealkylation sites (tertiary alicyclic amines) is 1. The second-order valence-corrected chi connectivity index (χ2v) is 9.51. The largest absolute Gasteiger partial charge is 0.466 e. The molecule has 3 unspecified atom stereocenters. The minimum Gasteiger partial charge on any atom is -0.466 e. The fourth-order valence-corrected chi connectivity index (χ4v) is 6.13. The molecular formula is C24H38N2O6. The van der Waals surface area contributed by atoms with Crippen molar-refractivity contribution < 1.29 is 29.0 Å². The van der Waals surface area contributed by atoms with Gasteiger partial charge in [-0.2, -0.15) is 0 Å². The summed E-state index contributed by atoms with van der Waals surface area (Å²) in [7, 11) is 0. The quantitative estimate of drug-likeness (QED) is 0.382. The number of nitrogens with zero attached hydrogens (tertiary/aromatic N) is 2. The average molecular weight is 451 g/mol. The van der Waals surface area contributed by atoms with Crippen LogP contribution in [0.5, 0.6) is 0 Å². The molecule has 8 nitrogen and oxygen atoms in total. The number of aliphatic hydroxyl groups is 1. The van der Waals surface area contributed by atoms with Crippen LogP contribution in [0.4, 0.5) is 0 Å². The van der Waals surface area contributed by atoms with E-state index in [1.165, 1.54) is 0 Å². The predicted octanol–water partition coefficient (Wildman–Crippen LogP) is 1.90. The number of esters is 1. The van der Waals surface area contributed by atoms with Crippen molar-refractivity contribution >= 4 is 17.8 Å². The van der Waals surface area contributed by atoms with E-state index in [1.54, 1.807) is 22.8 Å². The van der Waals surface area contributed by atoms with Gasteiger partial charge in [-0.25, -0.2) is 0 Å². The van der Waals surface area contributed by atoms with Crippen molar-refractivity contribution in [1.29, 1.82) is 0 Å². The summed E-state index contributed by atoms with van der Waals surface area (Å²) in [6, 6.07) is -0.849. The monoisotopic (exact) mass is 450 g/mol. The zero-order valence-electron chi connectivity index (χ0n) is 19.8.